The summed E-state index contributed by atoms with van der Waals surface area (Å²) in [6.07, 6.45) is 0.427. The maximum absolute atomic E-state index is 13.4. The van der Waals surface area contributed by atoms with Crippen molar-refractivity contribution in [2.75, 3.05) is 13.6 Å². The molecule has 0 saturated carbocycles. The Morgan fingerprint density at radius 2 is 1.95 bits per heavy atom. The Hall–Kier alpha value is -1.22. The second-order valence-electron chi connectivity index (χ2n) is 5.60. The average Bonchev–Trinajstić information content (AvgIpc) is 2.37. The molecule has 0 aliphatic heterocycles. The fourth-order valence-corrected chi connectivity index (χ4v) is 1.90. The molecule has 1 atom stereocenters. The lowest BCUT2D eigenvalue weighted by Gasteiger charge is -2.27. The van der Waals surface area contributed by atoms with Crippen LogP contribution in [0.15, 0.2) is 18.2 Å². The van der Waals surface area contributed by atoms with Gasteiger partial charge in [0.1, 0.15) is 5.82 Å². The molecule has 0 saturated heterocycles. The van der Waals surface area contributed by atoms with Crippen molar-refractivity contribution in [3.63, 3.8) is 0 Å². The van der Waals surface area contributed by atoms with Crippen molar-refractivity contribution in [2.24, 2.45) is 5.92 Å². The first-order valence-corrected chi connectivity index (χ1v) is 6.82. The largest absolute Gasteiger partial charge is 0.303 e. The predicted octanol–water partition coefficient (Wildman–Crippen LogP) is 3.68. The van der Waals surface area contributed by atoms with E-state index in [1.807, 2.05) is 7.05 Å². The minimum atomic E-state index is -0.310. The summed E-state index contributed by atoms with van der Waals surface area (Å²) in [5, 5.41) is 0. The molecule has 0 aromatic heterocycles. The Balaban J connectivity index is 2.58. The summed E-state index contributed by atoms with van der Waals surface area (Å²) >= 11 is 0. The second-order valence-corrected chi connectivity index (χ2v) is 5.60. The van der Waals surface area contributed by atoms with E-state index in [0.717, 1.165) is 0 Å². The lowest BCUT2D eigenvalue weighted by molar-refractivity contribution is 0.0954. The highest BCUT2D eigenvalue weighted by atomic mass is 19.1. The first kappa shape index (κ1) is 15.8. The van der Waals surface area contributed by atoms with Crippen LogP contribution in [0.1, 0.15) is 43.1 Å². The van der Waals surface area contributed by atoms with Gasteiger partial charge in [-0.05, 0) is 38.4 Å². The minimum Gasteiger partial charge on any atom is -0.303 e. The number of nitrogens with zero attached hydrogens (tertiary/aromatic N) is 1. The number of halogens is 1. The van der Waals surface area contributed by atoms with E-state index in [1.54, 1.807) is 19.1 Å². The predicted molar refractivity (Wildman–Crippen MR) is 77.0 cm³/mol. The lowest BCUT2D eigenvalue weighted by Crippen LogP contribution is -2.34. The Morgan fingerprint density at radius 1 is 1.32 bits per heavy atom. The van der Waals surface area contributed by atoms with Gasteiger partial charge in [-0.3, -0.25) is 4.79 Å². The van der Waals surface area contributed by atoms with Crippen molar-refractivity contribution in [3.8, 4) is 0 Å². The number of aryl methyl sites for hydroxylation is 1. The van der Waals surface area contributed by atoms with Crippen molar-refractivity contribution < 1.29 is 9.18 Å². The van der Waals surface area contributed by atoms with Gasteiger partial charge in [-0.15, -0.1) is 0 Å². The van der Waals surface area contributed by atoms with E-state index < -0.39 is 0 Å². The van der Waals surface area contributed by atoms with Crippen LogP contribution < -0.4 is 0 Å². The molecular weight excluding hydrogens is 241 g/mol. The van der Waals surface area contributed by atoms with Gasteiger partial charge in [0.05, 0.1) is 0 Å². The molecule has 0 heterocycles. The van der Waals surface area contributed by atoms with E-state index in [9.17, 15) is 9.18 Å². The number of hydrogen-bond donors (Lipinski definition) is 0. The zero-order valence-electron chi connectivity index (χ0n) is 12.5. The minimum absolute atomic E-state index is 0.00158. The molecule has 3 heteroatoms. The Morgan fingerprint density at radius 3 is 2.47 bits per heavy atom. The zero-order chi connectivity index (χ0) is 14.6. The van der Waals surface area contributed by atoms with Crippen LogP contribution in [-0.4, -0.2) is 30.3 Å². The van der Waals surface area contributed by atoms with Crippen LogP contribution in [0.3, 0.4) is 0 Å². The summed E-state index contributed by atoms with van der Waals surface area (Å²) in [5.41, 5.74) is 1.04. The van der Waals surface area contributed by atoms with Crippen LogP contribution in [0, 0.1) is 18.7 Å². The van der Waals surface area contributed by atoms with Gasteiger partial charge in [-0.1, -0.05) is 26.0 Å². The molecule has 0 amide bonds. The molecule has 1 unspecified atom stereocenters. The molecule has 0 fully saturated rings. The van der Waals surface area contributed by atoms with Gasteiger partial charge < -0.3 is 4.90 Å². The standard InChI is InChI=1S/C16H24FNO/c1-11(2)13(4)18(5)9-8-16(19)14-7-6-12(3)15(17)10-14/h6-7,10-11,13H,8-9H2,1-5H3. The van der Waals surface area contributed by atoms with Crippen molar-refractivity contribution in [3.05, 3.63) is 35.1 Å². The molecule has 0 aliphatic rings. The van der Waals surface area contributed by atoms with Crippen molar-refractivity contribution in [1.82, 2.24) is 4.90 Å². The Bertz CT molecular complexity index is 442. The summed E-state index contributed by atoms with van der Waals surface area (Å²) in [6, 6.07) is 5.13. The molecule has 1 rings (SSSR count). The van der Waals surface area contributed by atoms with Crippen molar-refractivity contribution >= 4 is 5.78 Å². The molecule has 0 radical (unpaired) electrons. The number of carbonyl (C=O) groups is 1. The number of Topliss-reactive ketones (excluding diaryl/α,β-unsaturated/α-hetero) is 1. The van der Waals surface area contributed by atoms with Crippen molar-refractivity contribution in [2.45, 2.75) is 40.2 Å². The lowest BCUT2D eigenvalue weighted by atomic mass is 10.0. The molecule has 1 aromatic rings. The number of hydrogen-bond acceptors (Lipinski definition) is 2. The molecule has 19 heavy (non-hydrogen) atoms. The maximum atomic E-state index is 13.4. The Labute approximate surface area is 115 Å². The molecule has 106 valence electrons. The van der Waals surface area contributed by atoms with Gasteiger partial charge in [0.25, 0.3) is 0 Å². The van der Waals surface area contributed by atoms with Gasteiger partial charge in [0.15, 0.2) is 5.78 Å². The van der Waals surface area contributed by atoms with Crippen LogP contribution in [0.25, 0.3) is 0 Å². The van der Waals surface area contributed by atoms with Crippen LogP contribution in [0.5, 0.6) is 0 Å². The number of rotatable bonds is 6. The third kappa shape index (κ3) is 4.43. The van der Waals surface area contributed by atoms with Gasteiger partial charge in [0.2, 0.25) is 0 Å². The van der Waals surface area contributed by atoms with E-state index in [1.165, 1.54) is 6.07 Å². The molecule has 0 spiro atoms. The molecule has 0 aliphatic carbocycles. The second kappa shape index (κ2) is 6.80. The van der Waals surface area contributed by atoms with Gasteiger partial charge in [0, 0.05) is 24.6 Å². The van der Waals surface area contributed by atoms with Crippen LogP contribution in [0.2, 0.25) is 0 Å². The molecule has 1 aromatic carbocycles. The summed E-state index contributed by atoms with van der Waals surface area (Å²) in [4.78, 5) is 14.2. The maximum Gasteiger partial charge on any atom is 0.164 e. The van der Waals surface area contributed by atoms with Gasteiger partial charge in [-0.2, -0.15) is 0 Å². The summed E-state index contributed by atoms with van der Waals surface area (Å²) in [7, 11) is 2.02. The third-order valence-corrected chi connectivity index (χ3v) is 3.85. The third-order valence-electron chi connectivity index (χ3n) is 3.85. The zero-order valence-corrected chi connectivity index (χ0v) is 12.5. The van der Waals surface area contributed by atoms with Gasteiger partial charge >= 0.3 is 0 Å². The quantitative estimate of drug-likeness (QED) is 0.731. The molecule has 0 bridgehead atoms. The smallest absolute Gasteiger partial charge is 0.164 e. The fourth-order valence-electron chi connectivity index (χ4n) is 1.90. The van der Waals surface area contributed by atoms with Crippen LogP contribution >= 0.6 is 0 Å². The number of ketones is 1. The van der Waals surface area contributed by atoms with E-state index in [0.29, 0.717) is 36.1 Å². The van der Waals surface area contributed by atoms with E-state index in [4.69, 9.17) is 0 Å². The highest BCUT2D eigenvalue weighted by molar-refractivity contribution is 5.96. The fraction of sp³-hybridized carbons (Fsp3) is 0.562. The average molecular weight is 265 g/mol. The highest BCUT2D eigenvalue weighted by Gasteiger charge is 2.15. The summed E-state index contributed by atoms with van der Waals surface area (Å²) in [6.45, 7) is 8.88. The Kier molecular flexibility index (Phi) is 5.67. The molecular formula is C16H24FNO. The molecule has 0 N–H and O–H groups in total. The summed E-state index contributed by atoms with van der Waals surface area (Å²) in [5.74, 6) is 0.244. The number of benzene rings is 1. The van der Waals surface area contributed by atoms with Gasteiger partial charge in [-0.25, -0.2) is 4.39 Å². The normalized spacial score (nSPS) is 13.1. The highest BCUT2D eigenvalue weighted by Crippen LogP contribution is 2.13. The first-order chi connectivity index (χ1) is 8.82. The topological polar surface area (TPSA) is 20.3 Å². The number of carbonyl (C=O) groups excluding carboxylic acids is 1. The van der Waals surface area contributed by atoms with Crippen molar-refractivity contribution in [1.29, 1.82) is 0 Å². The monoisotopic (exact) mass is 265 g/mol. The van der Waals surface area contributed by atoms with Crippen LogP contribution in [0.4, 0.5) is 4.39 Å². The van der Waals surface area contributed by atoms with E-state index >= 15 is 0 Å². The van der Waals surface area contributed by atoms with E-state index in [-0.39, 0.29) is 11.6 Å². The first-order valence-electron chi connectivity index (χ1n) is 6.82. The van der Waals surface area contributed by atoms with E-state index in [2.05, 4.69) is 25.7 Å². The van der Waals surface area contributed by atoms with Crippen LogP contribution in [-0.2, 0) is 0 Å². The summed E-state index contributed by atoms with van der Waals surface area (Å²) < 4.78 is 13.4. The SMILES string of the molecule is Cc1ccc(C(=O)CCN(C)C(C)C(C)C)cc1F. The molecule has 2 nitrogen and oxygen atoms in total.